The van der Waals surface area contributed by atoms with Gasteiger partial charge in [0.05, 0.1) is 6.54 Å². The molecule has 0 saturated carbocycles. The van der Waals surface area contributed by atoms with Crippen molar-refractivity contribution in [1.29, 1.82) is 0 Å². The zero-order chi connectivity index (χ0) is 17.6. The lowest BCUT2D eigenvalue weighted by Gasteiger charge is -2.06. The highest BCUT2D eigenvalue weighted by Gasteiger charge is 2.09. The van der Waals surface area contributed by atoms with Crippen LogP contribution >= 0.6 is 15.9 Å². The fourth-order valence-corrected chi connectivity index (χ4v) is 2.83. The summed E-state index contributed by atoms with van der Waals surface area (Å²) in [5.41, 5.74) is 2.46. The molecular formula is C17H17BrN2O3S. The number of halogens is 1. The van der Waals surface area contributed by atoms with Gasteiger partial charge in [-0.25, -0.2) is 13.1 Å². The molecule has 0 aliphatic rings. The van der Waals surface area contributed by atoms with Crippen molar-refractivity contribution in [3.63, 3.8) is 0 Å². The molecule has 0 aromatic heterocycles. The first kappa shape index (κ1) is 18.4. The minimum absolute atomic E-state index is 0.337. The Hall–Kier alpha value is -1.96. The number of hydrogen-bond acceptors (Lipinski definition) is 3. The number of anilines is 1. The van der Waals surface area contributed by atoms with E-state index >= 15 is 0 Å². The van der Waals surface area contributed by atoms with Crippen LogP contribution in [0.4, 0.5) is 5.69 Å². The second kappa shape index (κ2) is 8.23. The van der Waals surface area contributed by atoms with Crippen LogP contribution in [0.15, 0.2) is 58.4 Å². The van der Waals surface area contributed by atoms with E-state index in [2.05, 4.69) is 26.0 Å². The number of rotatable bonds is 6. The Morgan fingerprint density at radius 1 is 1.08 bits per heavy atom. The first-order chi connectivity index (χ1) is 11.3. The fourth-order valence-electron chi connectivity index (χ4n) is 1.80. The molecule has 0 spiro atoms. The fraction of sp³-hybridized carbons (Fsp3) is 0.118. The van der Waals surface area contributed by atoms with Crippen LogP contribution in [-0.2, 0) is 14.8 Å². The number of hydrogen-bond donors (Lipinski definition) is 2. The standard InChI is InChI=1S/C17H17BrN2O3S/c1-13-2-4-14(5-3-13)10-11-24(22,23)19-12-17(21)20-16-8-6-15(18)7-9-16/h2-11,19H,12H2,1H3,(H,20,21)/b11-10+. The van der Waals surface area contributed by atoms with Crippen LogP contribution < -0.4 is 10.0 Å². The van der Waals surface area contributed by atoms with Crippen LogP contribution in [0.1, 0.15) is 11.1 Å². The highest BCUT2D eigenvalue weighted by Crippen LogP contribution is 2.13. The predicted octanol–water partition coefficient (Wildman–Crippen LogP) is 3.29. The molecular weight excluding hydrogens is 392 g/mol. The van der Waals surface area contributed by atoms with Crippen molar-refractivity contribution < 1.29 is 13.2 Å². The van der Waals surface area contributed by atoms with E-state index in [0.717, 1.165) is 21.0 Å². The molecule has 2 aromatic rings. The maximum absolute atomic E-state index is 11.9. The highest BCUT2D eigenvalue weighted by molar-refractivity contribution is 9.10. The van der Waals surface area contributed by atoms with Crippen molar-refractivity contribution in [2.45, 2.75) is 6.92 Å². The average Bonchev–Trinajstić information content (AvgIpc) is 2.55. The predicted molar refractivity (Wildman–Crippen MR) is 99.9 cm³/mol. The smallest absolute Gasteiger partial charge is 0.239 e. The first-order valence-electron chi connectivity index (χ1n) is 7.14. The van der Waals surface area contributed by atoms with Gasteiger partial charge in [-0.3, -0.25) is 4.79 Å². The quantitative estimate of drug-likeness (QED) is 0.769. The Bertz CT molecular complexity index is 829. The van der Waals surface area contributed by atoms with Crippen LogP contribution in [0.2, 0.25) is 0 Å². The lowest BCUT2D eigenvalue weighted by molar-refractivity contribution is -0.115. The lowest BCUT2D eigenvalue weighted by atomic mass is 10.2. The molecule has 2 N–H and O–H groups in total. The molecule has 0 saturated heterocycles. The van der Waals surface area contributed by atoms with Crippen molar-refractivity contribution in [2.24, 2.45) is 0 Å². The molecule has 1 amide bonds. The van der Waals surface area contributed by atoms with Gasteiger partial charge in [0.1, 0.15) is 0 Å². The second-order valence-corrected chi connectivity index (χ2v) is 7.70. The van der Waals surface area contributed by atoms with Gasteiger partial charge in [0.15, 0.2) is 0 Å². The van der Waals surface area contributed by atoms with Crippen LogP contribution in [0.25, 0.3) is 6.08 Å². The van der Waals surface area contributed by atoms with Gasteiger partial charge in [-0.15, -0.1) is 0 Å². The largest absolute Gasteiger partial charge is 0.325 e. The molecule has 7 heteroatoms. The van der Waals surface area contributed by atoms with E-state index in [1.165, 1.54) is 6.08 Å². The second-order valence-electron chi connectivity index (χ2n) is 5.13. The Morgan fingerprint density at radius 3 is 2.33 bits per heavy atom. The summed E-state index contributed by atoms with van der Waals surface area (Å²) in [6, 6.07) is 14.4. The topological polar surface area (TPSA) is 75.3 Å². The van der Waals surface area contributed by atoms with Crippen LogP contribution in [-0.4, -0.2) is 20.9 Å². The number of benzene rings is 2. The first-order valence-corrected chi connectivity index (χ1v) is 9.48. The normalized spacial score (nSPS) is 11.6. The summed E-state index contributed by atoms with van der Waals surface area (Å²) in [6.07, 6.45) is 1.48. The zero-order valence-electron chi connectivity index (χ0n) is 13.0. The molecule has 0 unspecified atom stereocenters. The number of carbonyl (C=O) groups is 1. The van der Waals surface area contributed by atoms with Crippen LogP contribution in [0.5, 0.6) is 0 Å². The Labute approximate surface area is 150 Å². The van der Waals surface area contributed by atoms with E-state index < -0.39 is 15.9 Å². The SMILES string of the molecule is Cc1ccc(/C=C/S(=O)(=O)NCC(=O)Nc2ccc(Br)cc2)cc1. The Kier molecular flexibility index (Phi) is 6.30. The molecule has 5 nitrogen and oxygen atoms in total. The Balaban J connectivity index is 1.88. The summed E-state index contributed by atoms with van der Waals surface area (Å²) in [4.78, 5) is 11.8. The maximum Gasteiger partial charge on any atom is 0.239 e. The third-order valence-electron chi connectivity index (χ3n) is 3.08. The minimum atomic E-state index is -3.68. The molecule has 2 rings (SSSR count). The van der Waals surface area contributed by atoms with Crippen molar-refractivity contribution >= 4 is 43.6 Å². The summed E-state index contributed by atoms with van der Waals surface area (Å²) in [5, 5.41) is 3.66. The van der Waals surface area contributed by atoms with E-state index in [4.69, 9.17) is 0 Å². The van der Waals surface area contributed by atoms with Gasteiger partial charge in [0, 0.05) is 15.6 Å². The molecule has 0 heterocycles. The summed E-state index contributed by atoms with van der Waals surface area (Å²) in [6.45, 7) is 1.62. The molecule has 0 atom stereocenters. The van der Waals surface area contributed by atoms with Gasteiger partial charge in [-0.1, -0.05) is 45.8 Å². The van der Waals surface area contributed by atoms with E-state index in [1.54, 1.807) is 24.3 Å². The van der Waals surface area contributed by atoms with Crippen molar-refractivity contribution in [2.75, 3.05) is 11.9 Å². The van der Waals surface area contributed by atoms with Gasteiger partial charge < -0.3 is 5.32 Å². The van der Waals surface area contributed by atoms with Crippen molar-refractivity contribution in [3.8, 4) is 0 Å². The number of nitrogens with one attached hydrogen (secondary N) is 2. The average molecular weight is 409 g/mol. The zero-order valence-corrected chi connectivity index (χ0v) is 15.4. The van der Waals surface area contributed by atoms with Crippen LogP contribution in [0.3, 0.4) is 0 Å². The van der Waals surface area contributed by atoms with Crippen LogP contribution in [0, 0.1) is 6.92 Å². The Morgan fingerprint density at radius 2 is 1.71 bits per heavy atom. The van der Waals surface area contributed by atoms with Crippen molar-refractivity contribution in [3.05, 3.63) is 69.5 Å². The summed E-state index contributed by atoms with van der Waals surface area (Å²) >= 11 is 3.30. The molecule has 2 aromatic carbocycles. The molecule has 126 valence electrons. The van der Waals surface area contributed by atoms with Gasteiger partial charge in [-0.05, 0) is 42.8 Å². The molecule has 0 aliphatic heterocycles. The van der Waals surface area contributed by atoms with Gasteiger partial charge in [0.25, 0.3) is 0 Å². The third kappa shape index (κ3) is 6.27. The summed E-state index contributed by atoms with van der Waals surface area (Å²) in [5.74, 6) is -0.440. The number of sulfonamides is 1. The summed E-state index contributed by atoms with van der Waals surface area (Å²) in [7, 11) is -3.68. The summed E-state index contributed by atoms with van der Waals surface area (Å²) < 4.78 is 26.9. The number of carbonyl (C=O) groups excluding carboxylic acids is 1. The third-order valence-corrected chi connectivity index (χ3v) is 4.65. The molecule has 24 heavy (non-hydrogen) atoms. The van der Waals surface area contributed by atoms with Gasteiger partial charge >= 0.3 is 0 Å². The van der Waals surface area contributed by atoms with E-state index in [1.807, 2.05) is 31.2 Å². The maximum atomic E-state index is 11.9. The van der Waals surface area contributed by atoms with Gasteiger partial charge in [-0.2, -0.15) is 0 Å². The molecule has 0 bridgehead atoms. The van der Waals surface area contributed by atoms with E-state index in [-0.39, 0.29) is 6.54 Å². The van der Waals surface area contributed by atoms with Crippen molar-refractivity contribution in [1.82, 2.24) is 4.72 Å². The van der Waals surface area contributed by atoms with E-state index in [0.29, 0.717) is 5.69 Å². The minimum Gasteiger partial charge on any atom is -0.325 e. The van der Waals surface area contributed by atoms with Gasteiger partial charge in [0.2, 0.25) is 15.9 Å². The number of amides is 1. The lowest BCUT2D eigenvalue weighted by Crippen LogP contribution is -2.31. The van der Waals surface area contributed by atoms with E-state index in [9.17, 15) is 13.2 Å². The molecule has 0 aliphatic carbocycles. The monoisotopic (exact) mass is 408 g/mol. The molecule has 0 radical (unpaired) electrons. The molecule has 0 fully saturated rings. The highest BCUT2D eigenvalue weighted by atomic mass is 79.9. The number of aryl methyl sites for hydroxylation is 1.